The molecule has 0 amide bonds. The van der Waals surface area contributed by atoms with Crippen molar-refractivity contribution in [2.45, 2.75) is 26.4 Å². The van der Waals surface area contributed by atoms with Gasteiger partial charge in [0.2, 0.25) is 0 Å². The van der Waals surface area contributed by atoms with E-state index in [0.717, 1.165) is 0 Å². The quantitative estimate of drug-likeness (QED) is 0.562. The van der Waals surface area contributed by atoms with Crippen LogP contribution >= 0.6 is 0 Å². The van der Waals surface area contributed by atoms with Gasteiger partial charge in [0.1, 0.15) is 0 Å². The van der Waals surface area contributed by atoms with Crippen LogP contribution in [0.2, 0.25) is 0 Å². The highest BCUT2D eigenvalue weighted by Gasteiger charge is 2.02. The van der Waals surface area contributed by atoms with E-state index in [1.165, 1.54) is 0 Å². The van der Waals surface area contributed by atoms with Crippen molar-refractivity contribution >= 4 is 0 Å². The fraction of sp³-hybridized carbons (Fsp3) is 1.00. The topological polar surface area (TPSA) is 40.5 Å². The molecule has 0 unspecified atom stereocenters. The summed E-state index contributed by atoms with van der Waals surface area (Å²) >= 11 is 0. The van der Waals surface area contributed by atoms with Gasteiger partial charge in [-0.3, -0.25) is 0 Å². The highest BCUT2D eigenvalue weighted by atomic mass is 16.3. The van der Waals surface area contributed by atoms with E-state index >= 15 is 0 Å². The van der Waals surface area contributed by atoms with Gasteiger partial charge in [-0.15, -0.1) is 0 Å². The van der Waals surface area contributed by atoms with Gasteiger partial charge in [0.15, 0.2) is 0 Å². The van der Waals surface area contributed by atoms with Crippen molar-refractivity contribution in [3.8, 4) is 0 Å². The van der Waals surface area contributed by atoms with Gasteiger partial charge >= 0.3 is 0 Å². The van der Waals surface area contributed by atoms with Gasteiger partial charge in [0.25, 0.3) is 0 Å². The molecule has 0 aliphatic heterocycles. The first kappa shape index (κ1) is 7.92. The molecule has 0 aliphatic carbocycles. The molecule has 0 aromatic heterocycles. The monoisotopic (exact) mass is 118 g/mol. The van der Waals surface area contributed by atoms with E-state index in [2.05, 4.69) is 0 Å². The molecule has 8 heavy (non-hydrogen) atoms. The Morgan fingerprint density at radius 1 is 1.38 bits per heavy atom. The van der Waals surface area contributed by atoms with Gasteiger partial charge in [-0.1, -0.05) is 6.92 Å². The number of rotatable bonds is 3. The Hall–Kier alpha value is -0.0800. The average molecular weight is 118 g/mol. The Morgan fingerprint density at radius 2 is 1.88 bits per heavy atom. The fourth-order valence-electron chi connectivity index (χ4n) is 0.657. The van der Waals surface area contributed by atoms with Gasteiger partial charge in [0.05, 0.1) is 6.10 Å². The minimum atomic E-state index is -0.280. The standard InChI is InChI=1S/C6H14O2/c1-5(4-7)3-6(2)8/h5-8H,3-4H2,1-2H3/t5-,6+/m0/s1. The van der Waals surface area contributed by atoms with E-state index in [9.17, 15) is 0 Å². The van der Waals surface area contributed by atoms with Crippen LogP contribution in [0.15, 0.2) is 0 Å². The molecule has 0 bridgehead atoms. The molecule has 0 saturated carbocycles. The summed E-state index contributed by atoms with van der Waals surface area (Å²) < 4.78 is 0. The average Bonchev–Trinajstić information content (AvgIpc) is 1.65. The van der Waals surface area contributed by atoms with Crippen LogP contribution in [0.4, 0.5) is 0 Å². The Labute approximate surface area is 50.2 Å². The van der Waals surface area contributed by atoms with Crippen molar-refractivity contribution < 1.29 is 10.2 Å². The first-order valence-electron chi connectivity index (χ1n) is 2.95. The largest absolute Gasteiger partial charge is 0.396 e. The maximum absolute atomic E-state index is 8.74. The molecule has 0 heterocycles. The molecule has 0 aromatic carbocycles. The van der Waals surface area contributed by atoms with Gasteiger partial charge in [-0.05, 0) is 19.3 Å². The maximum Gasteiger partial charge on any atom is 0.0515 e. The molecule has 0 aliphatic rings. The molecule has 2 heteroatoms. The second kappa shape index (κ2) is 3.87. The summed E-state index contributed by atoms with van der Waals surface area (Å²) in [5.41, 5.74) is 0. The normalized spacial score (nSPS) is 18.0. The predicted molar refractivity (Wildman–Crippen MR) is 32.5 cm³/mol. The van der Waals surface area contributed by atoms with Crippen LogP contribution in [-0.4, -0.2) is 22.9 Å². The zero-order valence-electron chi connectivity index (χ0n) is 5.46. The minimum Gasteiger partial charge on any atom is -0.396 e. The second-order valence-electron chi connectivity index (χ2n) is 2.37. The van der Waals surface area contributed by atoms with E-state index in [0.29, 0.717) is 6.42 Å². The lowest BCUT2D eigenvalue weighted by molar-refractivity contribution is 0.136. The van der Waals surface area contributed by atoms with Gasteiger partial charge in [-0.25, -0.2) is 0 Å². The predicted octanol–water partition coefficient (Wildman–Crippen LogP) is 0.386. The molecule has 0 fully saturated rings. The Kier molecular flexibility index (Phi) is 3.83. The van der Waals surface area contributed by atoms with E-state index in [4.69, 9.17) is 10.2 Å². The first-order valence-corrected chi connectivity index (χ1v) is 2.95. The highest BCUT2D eigenvalue weighted by Crippen LogP contribution is 2.02. The third-order valence-corrected chi connectivity index (χ3v) is 1.06. The summed E-state index contributed by atoms with van der Waals surface area (Å²) in [4.78, 5) is 0. The SMILES string of the molecule is C[C@H](CO)C[C@@H](C)O. The number of hydrogen-bond acceptors (Lipinski definition) is 2. The van der Waals surface area contributed by atoms with Crippen molar-refractivity contribution in [2.75, 3.05) is 6.61 Å². The third kappa shape index (κ3) is 4.09. The molecule has 0 aromatic rings. The fourth-order valence-corrected chi connectivity index (χ4v) is 0.657. The summed E-state index contributed by atoms with van der Waals surface area (Å²) in [5, 5.41) is 17.2. The van der Waals surface area contributed by atoms with Crippen molar-refractivity contribution in [2.24, 2.45) is 5.92 Å². The molecule has 0 radical (unpaired) electrons. The van der Waals surface area contributed by atoms with Crippen LogP contribution in [0.5, 0.6) is 0 Å². The van der Waals surface area contributed by atoms with Crippen molar-refractivity contribution in [1.29, 1.82) is 0 Å². The molecule has 2 nitrogen and oxygen atoms in total. The van der Waals surface area contributed by atoms with E-state index < -0.39 is 0 Å². The molecule has 2 N–H and O–H groups in total. The third-order valence-electron chi connectivity index (χ3n) is 1.06. The maximum atomic E-state index is 8.74. The van der Waals surface area contributed by atoms with Crippen LogP contribution in [0, 0.1) is 5.92 Å². The lowest BCUT2D eigenvalue weighted by Crippen LogP contribution is -2.09. The Balaban J connectivity index is 3.10. The van der Waals surface area contributed by atoms with Gasteiger partial charge < -0.3 is 10.2 Å². The van der Waals surface area contributed by atoms with E-state index in [1.54, 1.807) is 6.92 Å². The van der Waals surface area contributed by atoms with Gasteiger partial charge in [0, 0.05) is 6.61 Å². The molecule has 0 rings (SSSR count). The zero-order valence-corrected chi connectivity index (χ0v) is 5.46. The summed E-state index contributed by atoms with van der Waals surface area (Å²) in [6, 6.07) is 0. The molecule has 0 spiro atoms. The van der Waals surface area contributed by atoms with Gasteiger partial charge in [-0.2, -0.15) is 0 Å². The number of aliphatic hydroxyl groups is 2. The summed E-state index contributed by atoms with van der Waals surface area (Å²) in [6.45, 7) is 3.81. The van der Waals surface area contributed by atoms with Crippen molar-refractivity contribution in [3.05, 3.63) is 0 Å². The van der Waals surface area contributed by atoms with E-state index in [1.807, 2.05) is 6.92 Å². The number of aliphatic hydroxyl groups excluding tert-OH is 2. The van der Waals surface area contributed by atoms with Crippen LogP contribution in [0.3, 0.4) is 0 Å². The lowest BCUT2D eigenvalue weighted by atomic mass is 10.1. The smallest absolute Gasteiger partial charge is 0.0515 e. The molecular weight excluding hydrogens is 104 g/mol. The van der Waals surface area contributed by atoms with E-state index in [-0.39, 0.29) is 18.6 Å². The molecular formula is C6H14O2. The summed E-state index contributed by atoms with van der Waals surface area (Å²) in [5.74, 6) is 0.231. The molecule has 2 atom stereocenters. The Morgan fingerprint density at radius 3 is 2.00 bits per heavy atom. The van der Waals surface area contributed by atoms with Crippen LogP contribution in [0.25, 0.3) is 0 Å². The molecule has 50 valence electrons. The first-order chi connectivity index (χ1) is 3.66. The summed E-state index contributed by atoms with van der Waals surface area (Å²) in [7, 11) is 0. The van der Waals surface area contributed by atoms with Crippen molar-refractivity contribution in [3.63, 3.8) is 0 Å². The second-order valence-corrected chi connectivity index (χ2v) is 2.37. The number of hydrogen-bond donors (Lipinski definition) is 2. The van der Waals surface area contributed by atoms with Crippen LogP contribution in [0.1, 0.15) is 20.3 Å². The lowest BCUT2D eigenvalue weighted by Gasteiger charge is -2.08. The summed E-state index contributed by atoms with van der Waals surface area (Å²) in [6.07, 6.45) is 0.411. The van der Waals surface area contributed by atoms with Crippen LogP contribution in [-0.2, 0) is 0 Å². The highest BCUT2D eigenvalue weighted by molar-refractivity contribution is 4.53. The Bertz CT molecular complexity index is 52.5. The molecule has 0 saturated heterocycles. The minimum absolute atomic E-state index is 0.172. The van der Waals surface area contributed by atoms with Crippen molar-refractivity contribution in [1.82, 2.24) is 0 Å². The van der Waals surface area contributed by atoms with Crippen LogP contribution < -0.4 is 0 Å². The zero-order chi connectivity index (χ0) is 6.57.